The Kier molecular flexibility index (Phi) is 3.09. The van der Waals surface area contributed by atoms with Crippen LogP contribution in [0.1, 0.15) is 36.6 Å². The highest BCUT2D eigenvalue weighted by atomic mass is 79.9. The first-order valence-electron chi connectivity index (χ1n) is 6.02. The molecule has 2 atom stereocenters. The van der Waals surface area contributed by atoms with Gasteiger partial charge in [-0.1, -0.05) is 0 Å². The lowest BCUT2D eigenvalue weighted by Gasteiger charge is -2.39. The Bertz CT molecular complexity index is 375. The predicted molar refractivity (Wildman–Crippen MR) is 71.7 cm³/mol. The molecule has 2 fully saturated rings. The summed E-state index contributed by atoms with van der Waals surface area (Å²) in [6, 6.07) is 5.99. The standard InChI is InChI=1S/C12H17BrN2S/c13-11-6-5-10(16-11)12-9(14)2-1-7-15(12)8-3-4-8/h5-6,8-9,12H,1-4,7,14H2. The molecule has 3 rings (SSSR count). The van der Waals surface area contributed by atoms with Gasteiger partial charge in [-0.2, -0.15) is 0 Å². The molecule has 2 aliphatic rings. The highest BCUT2D eigenvalue weighted by molar-refractivity contribution is 9.11. The van der Waals surface area contributed by atoms with E-state index in [1.54, 1.807) is 0 Å². The molecule has 1 aliphatic carbocycles. The Morgan fingerprint density at radius 1 is 1.31 bits per heavy atom. The largest absolute Gasteiger partial charge is 0.326 e. The topological polar surface area (TPSA) is 29.3 Å². The molecular weight excluding hydrogens is 284 g/mol. The van der Waals surface area contributed by atoms with E-state index < -0.39 is 0 Å². The van der Waals surface area contributed by atoms with Crippen molar-refractivity contribution in [2.75, 3.05) is 6.54 Å². The molecule has 0 bridgehead atoms. The second-order valence-electron chi connectivity index (χ2n) is 4.86. The van der Waals surface area contributed by atoms with Crippen LogP contribution in [-0.2, 0) is 0 Å². The molecule has 2 N–H and O–H groups in total. The third kappa shape index (κ3) is 2.08. The van der Waals surface area contributed by atoms with Gasteiger partial charge < -0.3 is 5.73 Å². The van der Waals surface area contributed by atoms with Gasteiger partial charge in [0.15, 0.2) is 0 Å². The van der Waals surface area contributed by atoms with Crippen molar-refractivity contribution in [3.63, 3.8) is 0 Å². The highest BCUT2D eigenvalue weighted by Gasteiger charge is 2.39. The van der Waals surface area contributed by atoms with Crippen molar-refractivity contribution in [3.8, 4) is 0 Å². The number of nitrogens with zero attached hydrogens (tertiary/aromatic N) is 1. The summed E-state index contributed by atoms with van der Waals surface area (Å²) in [7, 11) is 0. The first-order valence-corrected chi connectivity index (χ1v) is 7.63. The van der Waals surface area contributed by atoms with Crippen LogP contribution in [0.5, 0.6) is 0 Å². The molecule has 1 aromatic heterocycles. The van der Waals surface area contributed by atoms with E-state index in [0.717, 1.165) is 6.04 Å². The number of piperidine rings is 1. The van der Waals surface area contributed by atoms with Crippen molar-refractivity contribution in [1.82, 2.24) is 4.90 Å². The lowest BCUT2D eigenvalue weighted by Crippen LogP contribution is -2.46. The number of hydrogen-bond donors (Lipinski definition) is 1. The highest BCUT2D eigenvalue weighted by Crippen LogP contribution is 2.41. The minimum Gasteiger partial charge on any atom is -0.326 e. The quantitative estimate of drug-likeness (QED) is 0.909. The zero-order chi connectivity index (χ0) is 11.1. The van der Waals surface area contributed by atoms with Crippen LogP contribution in [0, 0.1) is 0 Å². The fourth-order valence-electron chi connectivity index (χ4n) is 2.73. The van der Waals surface area contributed by atoms with Crippen LogP contribution in [0.2, 0.25) is 0 Å². The fraction of sp³-hybridized carbons (Fsp3) is 0.667. The van der Waals surface area contributed by atoms with Gasteiger partial charge in [0, 0.05) is 17.0 Å². The van der Waals surface area contributed by atoms with Gasteiger partial charge in [-0.15, -0.1) is 11.3 Å². The van der Waals surface area contributed by atoms with Crippen LogP contribution in [0.15, 0.2) is 15.9 Å². The van der Waals surface area contributed by atoms with E-state index in [-0.39, 0.29) is 0 Å². The molecular formula is C12H17BrN2S. The minimum absolute atomic E-state index is 0.319. The van der Waals surface area contributed by atoms with E-state index in [1.165, 1.54) is 40.9 Å². The molecule has 1 saturated carbocycles. The summed E-state index contributed by atoms with van der Waals surface area (Å²) in [6.45, 7) is 1.23. The number of halogens is 1. The molecule has 1 aliphatic heterocycles. The maximum Gasteiger partial charge on any atom is 0.0702 e. The average molecular weight is 301 g/mol. The van der Waals surface area contributed by atoms with Gasteiger partial charge in [0.25, 0.3) is 0 Å². The normalized spacial score (nSPS) is 31.9. The Hall–Kier alpha value is 0.1000. The summed E-state index contributed by atoms with van der Waals surface area (Å²) in [6.07, 6.45) is 5.18. The summed E-state index contributed by atoms with van der Waals surface area (Å²) in [5, 5.41) is 0. The molecule has 2 heterocycles. The monoisotopic (exact) mass is 300 g/mol. The van der Waals surface area contributed by atoms with Gasteiger partial charge in [0.05, 0.1) is 9.83 Å². The van der Waals surface area contributed by atoms with Crippen LogP contribution < -0.4 is 5.73 Å². The molecule has 0 radical (unpaired) electrons. The molecule has 16 heavy (non-hydrogen) atoms. The van der Waals surface area contributed by atoms with Crippen molar-refractivity contribution in [3.05, 3.63) is 20.8 Å². The SMILES string of the molecule is NC1CCCN(C2CC2)C1c1ccc(Br)s1. The third-order valence-corrected chi connectivity index (χ3v) is 5.31. The van der Waals surface area contributed by atoms with Gasteiger partial charge in [-0.25, -0.2) is 0 Å². The Morgan fingerprint density at radius 3 is 2.75 bits per heavy atom. The molecule has 1 aromatic rings. The zero-order valence-corrected chi connectivity index (χ0v) is 11.6. The number of likely N-dealkylation sites (tertiary alicyclic amines) is 1. The smallest absolute Gasteiger partial charge is 0.0702 e. The minimum atomic E-state index is 0.319. The zero-order valence-electron chi connectivity index (χ0n) is 9.23. The van der Waals surface area contributed by atoms with Crippen molar-refractivity contribution >= 4 is 27.3 Å². The fourth-order valence-corrected chi connectivity index (χ4v) is 4.35. The number of hydrogen-bond acceptors (Lipinski definition) is 3. The molecule has 2 unspecified atom stereocenters. The van der Waals surface area contributed by atoms with Crippen LogP contribution in [0.4, 0.5) is 0 Å². The lowest BCUT2D eigenvalue weighted by atomic mass is 9.95. The molecule has 1 saturated heterocycles. The van der Waals surface area contributed by atoms with E-state index in [9.17, 15) is 0 Å². The van der Waals surface area contributed by atoms with Crippen LogP contribution in [0.3, 0.4) is 0 Å². The van der Waals surface area contributed by atoms with E-state index in [4.69, 9.17) is 5.73 Å². The van der Waals surface area contributed by atoms with Gasteiger partial charge in [-0.3, -0.25) is 4.90 Å². The maximum absolute atomic E-state index is 6.33. The van der Waals surface area contributed by atoms with Crippen LogP contribution >= 0.6 is 27.3 Å². The molecule has 0 amide bonds. The summed E-state index contributed by atoms with van der Waals surface area (Å²) >= 11 is 5.39. The van der Waals surface area contributed by atoms with E-state index >= 15 is 0 Å². The van der Waals surface area contributed by atoms with Crippen molar-refractivity contribution in [2.24, 2.45) is 5.73 Å². The van der Waals surface area contributed by atoms with Crippen LogP contribution in [0.25, 0.3) is 0 Å². The van der Waals surface area contributed by atoms with Crippen LogP contribution in [-0.4, -0.2) is 23.5 Å². The van der Waals surface area contributed by atoms with Crippen molar-refractivity contribution < 1.29 is 0 Å². The second-order valence-corrected chi connectivity index (χ2v) is 7.36. The molecule has 4 heteroatoms. The molecule has 2 nitrogen and oxygen atoms in total. The Morgan fingerprint density at radius 2 is 2.12 bits per heavy atom. The number of rotatable bonds is 2. The Labute approximate surface area is 109 Å². The maximum atomic E-state index is 6.33. The summed E-state index contributed by atoms with van der Waals surface area (Å²) in [4.78, 5) is 4.08. The second kappa shape index (κ2) is 4.41. The van der Waals surface area contributed by atoms with Crippen molar-refractivity contribution in [2.45, 2.75) is 43.8 Å². The average Bonchev–Trinajstić information content (AvgIpc) is 3.02. The number of thiophene rings is 1. The predicted octanol–water partition coefficient (Wildman–Crippen LogP) is 3.14. The lowest BCUT2D eigenvalue weighted by molar-refractivity contribution is 0.122. The van der Waals surface area contributed by atoms with Gasteiger partial charge >= 0.3 is 0 Å². The van der Waals surface area contributed by atoms with Crippen molar-refractivity contribution in [1.29, 1.82) is 0 Å². The van der Waals surface area contributed by atoms with E-state index in [0.29, 0.717) is 12.1 Å². The molecule has 88 valence electrons. The van der Waals surface area contributed by atoms with E-state index in [1.807, 2.05) is 11.3 Å². The third-order valence-electron chi connectivity index (χ3n) is 3.62. The summed E-state index contributed by atoms with van der Waals surface area (Å²) in [5.74, 6) is 0. The van der Waals surface area contributed by atoms with Gasteiger partial charge in [0.1, 0.15) is 0 Å². The van der Waals surface area contributed by atoms with Gasteiger partial charge in [0.2, 0.25) is 0 Å². The summed E-state index contributed by atoms with van der Waals surface area (Å²) < 4.78 is 1.22. The number of nitrogens with two attached hydrogens (primary N) is 1. The van der Waals surface area contributed by atoms with Gasteiger partial charge in [-0.05, 0) is 60.3 Å². The summed E-state index contributed by atoms with van der Waals surface area (Å²) in [5.41, 5.74) is 6.33. The first kappa shape index (κ1) is 11.2. The molecule has 0 spiro atoms. The molecule has 0 aromatic carbocycles. The van der Waals surface area contributed by atoms with E-state index in [2.05, 4.69) is 33.0 Å². The Balaban J connectivity index is 1.87. The first-order chi connectivity index (χ1) is 7.75.